The Labute approximate surface area is 130 Å². The van der Waals surface area contributed by atoms with Crippen molar-refractivity contribution >= 4 is 0 Å². The van der Waals surface area contributed by atoms with E-state index in [0.717, 1.165) is 26.1 Å². The van der Waals surface area contributed by atoms with Gasteiger partial charge in [-0.2, -0.15) is 0 Å². The van der Waals surface area contributed by atoms with Crippen molar-refractivity contribution in [3.63, 3.8) is 0 Å². The van der Waals surface area contributed by atoms with Crippen molar-refractivity contribution in [3.05, 3.63) is 34.9 Å². The monoisotopic (exact) mass is 292 g/mol. The summed E-state index contributed by atoms with van der Waals surface area (Å²) in [4.78, 5) is 2.48. The molecule has 0 spiro atoms. The highest BCUT2D eigenvalue weighted by Gasteiger charge is 2.14. The van der Waals surface area contributed by atoms with E-state index in [0.29, 0.717) is 12.1 Å². The second-order valence-electron chi connectivity index (χ2n) is 6.17. The molecule has 1 rings (SSSR count). The van der Waals surface area contributed by atoms with Crippen molar-refractivity contribution in [2.75, 3.05) is 33.9 Å². The fourth-order valence-corrected chi connectivity index (χ4v) is 2.82. The third-order valence-electron chi connectivity index (χ3n) is 4.01. The fourth-order valence-electron chi connectivity index (χ4n) is 2.82. The Hall–Kier alpha value is -0.900. The molecule has 120 valence electrons. The number of methoxy groups -OCH3 is 1. The molecule has 0 saturated carbocycles. The molecule has 1 atom stereocenters. The zero-order valence-corrected chi connectivity index (χ0v) is 14.6. The van der Waals surface area contributed by atoms with Gasteiger partial charge >= 0.3 is 0 Å². The minimum Gasteiger partial charge on any atom is -0.383 e. The summed E-state index contributed by atoms with van der Waals surface area (Å²) < 4.78 is 5.21. The van der Waals surface area contributed by atoms with Crippen molar-refractivity contribution in [1.82, 2.24) is 10.2 Å². The summed E-state index contributed by atoms with van der Waals surface area (Å²) in [6.07, 6.45) is 1.11. The highest BCUT2D eigenvalue weighted by atomic mass is 16.5. The van der Waals surface area contributed by atoms with Crippen LogP contribution >= 0.6 is 0 Å². The first kappa shape index (κ1) is 18.1. The van der Waals surface area contributed by atoms with Gasteiger partial charge in [0.1, 0.15) is 0 Å². The van der Waals surface area contributed by atoms with Crippen LogP contribution in [0.3, 0.4) is 0 Å². The molecule has 0 radical (unpaired) electrons. The molecule has 0 saturated heterocycles. The average Bonchev–Trinajstić information content (AvgIpc) is 2.41. The van der Waals surface area contributed by atoms with Gasteiger partial charge in [-0.1, -0.05) is 29.3 Å². The lowest BCUT2D eigenvalue weighted by atomic mass is 9.99. The smallest absolute Gasteiger partial charge is 0.0589 e. The van der Waals surface area contributed by atoms with Crippen LogP contribution in [0.25, 0.3) is 0 Å². The van der Waals surface area contributed by atoms with Gasteiger partial charge in [-0.3, -0.25) is 4.90 Å². The van der Waals surface area contributed by atoms with Crippen LogP contribution in [0.2, 0.25) is 0 Å². The summed E-state index contributed by atoms with van der Waals surface area (Å²) in [6.45, 7) is 11.7. The average molecular weight is 292 g/mol. The third kappa shape index (κ3) is 6.16. The maximum atomic E-state index is 5.21. The van der Waals surface area contributed by atoms with Crippen molar-refractivity contribution in [2.24, 2.45) is 0 Å². The van der Waals surface area contributed by atoms with Crippen LogP contribution in [0, 0.1) is 13.8 Å². The van der Waals surface area contributed by atoms with Gasteiger partial charge in [0.2, 0.25) is 0 Å². The van der Waals surface area contributed by atoms with E-state index in [1.165, 1.54) is 16.7 Å². The normalized spacial score (nSPS) is 13.1. The molecule has 1 N–H and O–H groups in total. The van der Waals surface area contributed by atoms with E-state index < -0.39 is 0 Å². The molecule has 1 aromatic carbocycles. The molecule has 0 fully saturated rings. The summed E-state index contributed by atoms with van der Waals surface area (Å²) in [7, 11) is 3.82. The predicted octanol–water partition coefficient (Wildman–Crippen LogP) is 3.31. The molecule has 0 amide bonds. The van der Waals surface area contributed by atoms with E-state index in [2.05, 4.69) is 63.2 Å². The van der Waals surface area contributed by atoms with Crippen LogP contribution in [0.4, 0.5) is 0 Å². The number of aryl methyl sites for hydroxylation is 2. The Morgan fingerprint density at radius 2 is 1.71 bits per heavy atom. The van der Waals surface area contributed by atoms with Gasteiger partial charge in [0.15, 0.2) is 0 Å². The molecule has 1 unspecified atom stereocenters. The maximum Gasteiger partial charge on any atom is 0.0589 e. The summed E-state index contributed by atoms with van der Waals surface area (Å²) >= 11 is 0. The topological polar surface area (TPSA) is 24.5 Å². The van der Waals surface area contributed by atoms with Crippen LogP contribution < -0.4 is 5.32 Å². The van der Waals surface area contributed by atoms with Gasteiger partial charge < -0.3 is 10.1 Å². The Balaban J connectivity index is 2.68. The number of rotatable bonds is 9. The zero-order valence-electron chi connectivity index (χ0n) is 14.6. The van der Waals surface area contributed by atoms with Crippen LogP contribution in [-0.2, 0) is 4.74 Å². The molecule has 0 heterocycles. The molecular formula is C18H32N2O. The molecule has 3 heteroatoms. The zero-order chi connectivity index (χ0) is 15.8. The fraction of sp³-hybridized carbons (Fsp3) is 0.667. The Morgan fingerprint density at radius 3 is 2.19 bits per heavy atom. The molecule has 0 aromatic heterocycles. The van der Waals surface area contributed by atoms with Crippen LogP contribution in [-0.4, -0.2) is 44.8 Å². The van der Waals surface area contributed by atoms with Crippen molar-refractivity contribution in [3.8, 4) is 0 Å². The highest BCUT2D eigenvalue weighted by molar-refractivity contribution is 5.30. The van der Waals surface area contributed by atoms with Crippen LogP contribution in [0.5, 0.6) is 0 Å². The second kappa shape index (κ2) is 9.19. The van der Waals surface area contributed by atoms with Crippen molar-refractivity contribution in [1.29, 1.82) is 0 Å². The van der Waals surface area contributed by atoms with E-state index >= 15 is 0 Å². The first-order valence-corrected chi connectivity index (χ1v) is 7.96. The summed E-state index contributed by atoms with van der Waals surface area (Å²) in [5.41, 5.74) is 4.07. The molecule has 21 heavy (non-hydrogen) atoms. The van der Waals surface area contributed by atoms with Gasteiger partial charge in [0, 0.05) is 32.3 Å². The standard InChI is InChI=1S/C18H32N2O/c1-14(2)20(9-10-21-6)8-7-18(19-5)17-12-15(3)11-16(4)13-17/h11-14,18-19H,7-10H2,1-6H3. The van der Waals surface area contributed by atoms with Crippen molar-refractivity contribution in [2.45, 2.75) is 46.2 Å². The molecule has 0 aliphatic heterocycles. The SMILES string of the molecule is CNC(CCN(CCOC)C(C)C)c1cc(C)cc(C)c1. The molecule has 0 bridgehead atoms. The van der Waals surface area contributed by atoms with Gasteiger partial charge in [-0.15, -0.1) is 0 Å². The number of nitrogens with zero attached hydrogens (tertiary/aromatic N) is 1. The third-order valence-corrected chi connectivity index (χ3v) is 4.01. The van der Waals surface area contributed by atoms with Crippen molar-refractivity contribution < 1.29 is 4.74 Å². The number of hydrogen-bond donors (Lipinski definition) is 1. The van der Waals surface area contributed by atoms with Crippen LogP contribution in [0.1, 0.15) is 43.0 Å². The Bertz CT molecular complexity index is 397. The molecular weight excluding hydrogens is 260 g/mol. The number of benzene rings is 1. The summed E-state index contributed by atoms with van der Waals surface area (Å²) in [5, 5.41) is 3.47. The van der Waals surface area contributed by atoms with E-state index in [4.69, 9.17) is 4.74 Å². The Morgan fingerprint density at radius 1 is 1.10 bits per heavy atom. The molecule has 3 nitrogen and oxygen atoms in total. The van der Waals surface area contributed by atoms with E-state index in [1.807, 2.05) is 0 Å². The van der Waals surface area contributed by atoms with Gasteiger partial charge in [0.25, 0.3) is 0 Å². The maximum absolute atomic E-state index is 5.21. The van der Waals surface area contributed by atoms with Gasteiger partial charge in [-0.05, 0) is 46.7 Å². The van der Waals surface area contributed by atoms with Gasteiger partial charge in [0.05, 0.1) is 6.61 Å². The molecule has 1 aromatic rings. The van der Waals surface area contributed by atoms with E-state index in [1.54, 1.807) is 7.11 Å². The largest absolute Gasteiger partial charge is 0.383 e. The van der Waals surface area contributed by atoms with E-state index in [9.17, 15) is 0 Å². The van der Waals surface area contributed by atoms with Crippen LogP contribution in [0.15, 0.2) is 18.2 Å². The quantitative estimate of drug-likeness (QED) is 0.756. The molecule has 0 aliphatic rings. The summed E-state index contributed by atoms with van der Waals surface area (Å²) in [5.74, 6) is 0. The molecule has 0 aliphatic carbocycles. The lowest BCUT2D eigenvalue weighted by Gasteiger charge is -2.28. The highest BCUT2D eigenvalue weighted by Crippen LogP contribution is 2.20. The second-order valence-corrected chi connectivity index (χ2v) is 6.17. The number of nitrogens with one attached hydrogen (secondary N) is 1. The number of hydrogen-bond acceptors (Lipinski definition) is 3. The lowest BCUT2D eigenvalue weighted by molar-refractivity contribution is 0.126. The van der Waals surface area contributed by atoms with E-state index in [-0.39, 0.29) is 0 Å². The number of ether oxygens (including phenoxy) is 1. The minimum atomic E-state index is 0.410. The first-order valence-electron chi connectivity index (χ1n) is 7.96. The predicted molar refractivity (Wildman–Crippen MR) is 90.9 cm³/mol. The van der Waals surface area contributed by atoms with Gasteiger partial charge in [-0.25, -0.2) is 0 Å². The first-order chi connectivity index (χ1) is 9.97. The Kier molecular flexibility index (Phi) is 7.94. The minimum absolute atomic E-state index is 0.410. The lowest BCUT2D eigenvalue weighted by Crippen LogP contribution is -2.36. The summed E-state index contributed by atoms with van der Waals surface area (Å²) in [6, 6.07) is 7.78.